The number of hydrogen-bond donors (Lipinski definition) is 1. The van der Waals surface area contributed by atoms with Crippen LogP contribution in [0.15, 0.2) is 53.4 Å². The van der Waals surface area contributed by atoms with Gasteiger partial charge < -0.3 is 5.32 Å². The van der Waals surface area contributed by atoms with Crippen molar-refractivity contribution in [2.24, 2.45) is 5.92 Å². The fraction of sp³-hybridized carbons (Fsp3) is 0.409. The molecule has 0 bridgehead atoms. The molecule has 3 rings (SSSR count). The normalized spacial score (nSPS) is 17.1. The maximum absolute atomic E-state index is 13.8. The number of benzene rings is 2. The summed E-state index contributed by atoms with van der Waals surface area (Å²) in [5, 5.41) is 3.03. The van der Waals surface area contributed by atoms with Gasteiger partial charge in [0.15, 0.2) is 9.84 Å². The average molecular weight is 419 g/mol. The summed E-state index contributed by atoms with van der Waals surface area (Å²) in [7, 11) is -3.23. The lowest BCUT2D eigenvalue weighted by Gasteiger charge is -2.32. The molecule has 29 heavy (non-hydrogen) atoms. The highest BCUT2D eigenvalue weighted by atomic mass is 32.2. The monoisotopic (exact) mass is 418 g/mol. The summed E-state index contributed by atoms with van der Waals surface area (Å²) >= 11 is 0. The van der Waals surface area contributed by atoms with Gasteiger partial charge in [0.25, 0.3) is 0 Å². The molecular weight excluding hydrogens is 391 g/mol. The number of carbonyl (C=O) groups is 1. The van der Waals surface area contributed by atoms with E-state index in [2.05, 4.69) is 10.2 Å². The minimum Gasteiger partial charge on any atom is -0.349 e. The zero-order valence-electron chi connectivity index (χ0n) is 16.8. The number of likely N-dealkylation sites (tertiary alicyclic amines) is 1. The molecule has 1 saturated heterocycles. The van der Waals surface area contributed by atoms with E-state index in [4.69, 9.17) is 0 Å². The maximum Gasteiger partial charge on any atom is 0.223 e. The zero-order chi connectivity index (χ0) is 21.0. The van der Waals surface area contributed by atoms with Gasteiger partial charge in [-0.1, -0.05) is 30.3 Å². The fourth-order valence-electron chi connectivity index (χ4n) is 3.64. The molecule has 7 heteroatoms. The van der Waals surface area contributed by atoms with Crippen LogP contribution in [0.5, 0.6) is 0 Å². The van der Waals surface area contributed by atoms with Gasteiger partial charge in [0.05, 0.1) is 10.9 Å². The van der Waals surface area contributed by atoms with E-state index in [1.165, 1.54) is 12.3 Å². The van der Waals surface area contributed by atoms with Gasteiger partial charge in [-0.05, 0) is 56.6 Å². The summed E-state index contributed by atoms with van der Waals surface area (Å²) in [6.45, 7) is 3.96. The highest BCUT2D eigenvalue weighted by Crippen LogP contribution is 2.22. The van der Waals surface area contributed by atoms with Gasteiger partial charge in [0, 0.05) is 24.3 Å². The number of halogens is 1. The predicted octanol–water partition coefficient (Wildman–Crippen LogP) is 3.32. The first-order valence-electron chi connectivity index (χ1n) is 9.80. The molecule has 0 radical (unpaired) electrons. The second kappa shape index (κ2) is 9.05. The molecule has 1 aliphatic rings. The molecule has 1 heterocycles. The first-order valence-corrected chi connectivity index (χ1v) is 11.7. The second-order valence-electron chi connectivity index (χ2n) is 7.71. The Hall–Kier alpha value is -2.25. The largest absolute Gasteiger partial charge is 0.349 e. The Kier molecular flexibility index (Phi) is 6.70. The summed E-state index contributed by atoms with van der Waals surface area (Å²) < 4.78 is 36.9. The van der Waals surface area contributed by atoms with Crippen molar-refractivity contribution < 1.29 is 17.6 Å². The standard InChI is InChI=1S/C22H27FN2O3S/c1-16(17-7-9-20(10-8-17)29(2,27)28)24-22(26)18-11-13-25(14-12-18)15-19-5-3-4-6-21(19)23/h3-10,16,18H,11-15H2,1-2H3,(H,24,26). The first kappa shape index (κ1) is 21.5. The summed E-state index contributed by atoms with van der Waals surface area (Å²) in [5.41, 5.74) is 1.55. The van der Waals surface area contributed by atoms with Gasteiger partial charge in [0.2, 0.25) is 5.91 Å². The van der Waals surface area contributed by atoms with Crippen LogP contribution in [0, 0.1) is 11.7 Å². The predicted molar refractivity (Wildman–Crippen MR) is 111 cm³/mol. The Morgan fingerprint density at radius 2 is 1.76 bits per heavy atom. The Morgan fingerprint density at radius 3 is 2.34 bits per heavy atom. The highest BCUT2D eigenvalue weighted by Gasteiger charge is 2.26. The molecule has 2 aromatic carbocycles. The number of carbonyl (C=O) groups excluding carboxylic acids is 1. The van der Waals surface area contributed by atoms with E-state index >= 15 is 0 Å². The van der Waals surface area contributed by atoms with Gasteiger partial charge >= 0.3 is 0 Å². The number of amides is 1. The molecule has 5 nitrogen and oxygen atoms in total. The van der Waals surface area contributed by atoms with Gasteiger partial charge in [0.1, 0.15) is 5.82 Å². The third-order valence-electron chi connectivity index (χ3n) is 5.48. The molecule has 1 amide bonds. The molecule has 1 aliphatic heterocycles. The third kappa shape index (κ3) is 5.64. The smallest absolute Gasteiger partial charge is 0.223 e. The lowest BCUT2D eigenvalue weighted by molar-refractivity contribution is -0.127. The molecule has 1 atom stereocenters. The van der Waals surface area contributed by atoms with E-state index in [0.717, 1.165) is 31.5 Å². The van der Waals surface area contributed by atoms with Crippen molar-refractivity contribution in [3.8, 4) is 0 Å². The molecule has 0 aliphatic carbocycles. The molecular formula is C22H27FN2O3S. The van der Waals surface area contributed by atoms with Crippen molar-refractivity contribution in [2.75, 3.05) is 19.3 Å². The van der Waals surface area contributed by atoms with Gasteiger partial charge in [-0.25, -0.2) is 12.8 Å². The van der Waals surface area contributed by atoms with Crippen LogP contribution in [0.2, 0.25) is 0 Å². The van der Waals surface area contributed by atoms with Crippen LogP contribution in [0.3, 0.4) is 0 Å². The van der Waals surface area contributed by atoms with Crippen LogP contribution in [0.25, 0.3) is 0 Å². The Bertz CT molecular complexity index is 952. The molecule has 1 unspecified atom stereocenters. The quantitative estimate of drug-likeness (QED) is 0.782. The summed E-state index contributed by atoms with van der Waals surface area (Å²) in [4.78, 5) is 15.1. The van der Waals surface area contributed by atoms with Crippen LogP contribution in [0.1, 0.15) is 36.9 Å². The first-order chi connectivity index (χ1) is 13.7. The molecule has 1 fully saturated rings. The summed E-state index contributed by atoms with van der Waals surface area (Å²) in [5.74, 6) is -0.247. The number of nitrogens with zero attached hydrogens (tertiary/aromatic N) is 1. The molecule has 1 N–H and O–H groups in total. The van der Waals surface area contributed by atoms with Crippen molar-refractivity contribution in [2.45, 2.75) is 37.2 Å². The number of piperidine rings is 1. The zero-order valence-corrected chi connectivity index (χ0v) is 17.6. The summed E-state index contributed by atoms with van der Waals surface area (Å²) in [6.07, 6.45) is 2.64. The lowest BCUT2D eigenvalue weighted by atomic mass is 9.95. The van der Waals surface area contributed by atoms with Crippen LogP contribution >= 0.6 is 0 Å². The van der Waals surface area contributed by atoms with E-state index in [9.17, 15) is 17.6 Å². The average Bonchev–Trinajstić information content (AvgIpc) is 2.69. The molecule has 0 spiro atoms. The minimum absolute atomic E-state index is 0.00947. The molecule has 0 aromatic heterocycles. The van der Waals surface area contributed by atoms with Crippen LogP contribution in [0.4, 0.5) is 4.39 Å². The molecule has 2 aromatic rings. The number of rotatable bonds is 6. The lowest BCUT2D eigenvalue weighted by Crippen LogP contribution is -2.41. The van der Waals surface area contributed by atoms with E-state index < -0.39 is 9.84 Å². The number of sulfone groups is 1. The van der Waals surface area contributed by atoms with Crippen LogP contribution in [-0.4, -0.2) is 38.6 Å². The van der Waals surface area contributed by atoms with E-state index in [-0.39, 0.29) is 28.6 Å². The maximum atomic E-state index is 13.8. The van der Waals surface area contributed by atoms with Gasteiger partial charge in [-0.15, -0.1) is 0 Å². The van der Waals surface area contributed by atoms with Crippen molar-refractivity contribution >= 4 is 15.7 Å². The topological polar surface area (TPSA) is 66.5 Å². The van der Waals surface area contributed by atoms with Gasteiger partial charge in [-0.3, -0.25) is 9.69 Å². The number of nitrogens with one attached hydrogen (secondary N) is 1. The van der Waals surface area contributed by atoms with Crippen molar-refractivity contribution in [1.29, 1.82) is 0 Å². The Balaban J connectivity index is 1.51. The van der Waals surface area contributed by atoms with Gasteiger partial charge in [-0.2, -0.15) is 0 Å². The van der Waals surface area contributed by atoms with E-state index in [0.29, 0.717) is 12.1 Å². The van der Waals surface area contributed by atoms with Crippen molar-refractivity contribution in [3.63, 3.8) is 0 Å². The minimum atomic E-state index is -3.23. The third-order valence-corrected chi connectivity index (χ3v) is 6.61. The molecule has 0 saturated carbocycles. The van der Waals surface area contributed by atoms with E-state index in [1.54, 1.807) is 36.4 Å². The van der Waals surface area contributed by atoms with E-state index in [1.807, 2.05) is 13.0 Å². The van der Waals surface area contributed by atoms with Crippen LogP contribution < -0.4 is 5.32 Å². The van der Waals surface area contributed by atoms with Crippen molar-refractivity contribution in [1.82, 2.24) is 10.2 Å². The fourth-order valence-corrected chi connectivity index (χ4v) is 4.27. The molecule has 156 valence electrons. The Labute approximate surface area is 171 Å². The number of hydrogen-bond acceptors (Lipinski definition) is 4. The highest BCUT2D eigenvalue weighted by molar-refractivity contribution is 7.90. The second-order valence-corrected chi connectivity index (χ2v) is 9.73. The summed E-state index contributed by atoms with van der Waals surface area (Å²) in [6, 6.07) is 13.2. The van der Waals surface area contributed by atoms with Crippen LogP contribution in [-0.2, 0) is 21.2 Å². The SMILES string of the molecule is CC(NC(=O)C1CCN(Cc2ccccc2F)CC1)c1ccc(S(C)(=O)=O)cc1. The Morgan fingerprint density at radius 1 is 1.14 bits per heavy atom. The van der Waals surface area contributed by atoms with Crippen molar-refractivity contribution in [3.05, 3.63) is 65.5 Å².